The highest BCUT2D eigenvalue weighted by molar-refractivity contribution is 6.03. The molecule has 8 heteroatoms. The van der Waals surface area contributed by atoms with Crippen LogP contribution in [0.25, 0.3) is 0 Å². The summed E-state index contributed by atoms with van der Waals surface area (Å²) in [4.78, 5) is 23.1. The summed E-state index contributed by atoms with van der Waals surface area (Å²) in [6.45, 7) is 1.19. The molecule has 0 saturated heterocycles. The molecule has 0 aromatic carbocycles. The molecule has 1 aliphatic rings. The Kier molecular flexibility index (Phi) is 5.93. The maximum atomic E-state index is 11.6. The summed E-state index contributed by atoms with van der Waals surface area (Å²) >= 11 is 0. The summed E-state index contributed by atoms with van der Waals surface area (Å²) in [6, 6.07) is -1.50. The zero-order valence-electron chi connectivity index (χ0n) is 11.4. The van der Waals surface area contributed by atoms with Crippen LogP contribution in [0.15, 0.2) is 11.8 Å². The number of methoxy groups -OCH3 is 1. The van der Waals surface area contributed by atoms with E-state index in [4.69, 9.17) is 5.11 Å². The molecule has 0 bridgehead atoms. The molecule has 0 radical (unpaired) electrons. The summed E-state index contributed by atoms with van der Waals surface area (Å²) in [5.41, 5.74) is 0.211. The van der Waals surface area contributed by atoms with Gasteiger partial charge < -0.3 is 25.4 Å². The number of carbonyl (C=O) groups excluding carboxylic acids is 2. The Labute approximate surface area is 116 Å². The molecule has 5 N–H and O–H groups in total. The SMILES string of the molecule is CO/C=C(\C)C(=O)NC(=O)N[C@H]1C[C@@H](CO)[C@H](O)[C@@H]1O. The van der Waals surface area contributed by atoms with Crippen molar-refractivity contribution in [2.24, 2.45) is 5.92 Å². The second-order valence-corrected chi connectivity index (χ2v) is 4.73. The van der Waals surface area contributed by atoms with Gasteiger partial charge >= 0.3 is 6.03 Å². The summed E-state index contributed by atoms with van der Waals surface area (Å²) in [6.07, 6.45) is -0.855. The zero-order chi connectivity index (χ0) is 15.3. The first kappa shape index (κ1) is 16.4. The maximum Gasteiger partial charge on any atom is 0.322 e. The van der Waals surface area contributed by atoms with Gasteiger partial charge in [-0.1, -0.05) is 0 Å². The van der Waals surface area contributed by atoms with Crippen LogP contribution in [0.1, 0.15) is 13.3 Å². The van der Waals surface area contributed by atoms with Crippen molar-refractivity contribution in [2.75, 3.05) is 13.7 Å². The molecule has 0 aliphatic heterocycles. The van der Waals surface area contributed by atoms with Crippen LogP contribution in [0.3, 0.4) is 0 Å². The maximum absolute atomic E-state index is 11.6. The van der Waals surface area contributed by atoms with E-state index in [1.165, 1.54) is 20.3 Å². The van der Waals surface area contributed by atoms with Crippen molar-refractivity contribution in [3.05, 3.63) is 11.8 Å². The number of rotatable bonds is 4. The van der Waals surface area contributed by atoms with E-state index in [1.807, 2.05) is 0 Å². The van der Waals surface area contributed by atoms with Gasteiger partial charge in [-0.25, -0.2) is 4.79 Å². The number of hydrogen-bond acceptors (Lipinski definition) is 6. The topological polar surface area (TPSA) is 128 Å². The predicted octanol–water partition coefficient (Wildman–Crippen LogP) is -1.53. The minimum Gasteiger partial charge on any atom is -0.504 e. The van der Waals surface area contributed by atoms with Gasteiger partial charge in [-0.3, -0.25) is 10.1 Å². The first-order chi connectivity index (χ1) is 9.40. The molecule has 4 atom stereocenters. The Morgan fingerprint density at radius 1 is 1.35 bits per heavy atom. The summed E-state index contributed by atoms with van der Waals surface area (Å²) < 4.78 is 4.64. The monoisotopic (exact) mass is 288 g/mol. The number of aliphatic hydroxyl groups is 3. The van der Waals surface area contributed by atoms with E-state index in [9.17, 15) is 19.8 Å². The normalized spacial score (nSPS) is 29.9. The minimum absolute atomic E-state index is 0.211. The fourth-order valence-electron chi connectivity index (χ4n) is 2.09. The van der Waals surface area contributed by atoms with E-state index in [1.54, 1.807) is 0 Å². The molecule has 1 rings (SSSR count). The Morgan fingerprint density at radius 3 is 2.50 bits per heavy atom. The molecule has 114 valence electrons. The molecule has 1 aliphatic carbocycles. The van der Waals surface area contributed by atoms with E-state index in [-0.39, 0.29) is 18.6 Å². The second kappa shape index (κ2) is 7.22. The quantitative estimate of drug-likeness (QED) is 0.315. The van der Waals surface area contributed by atoms with Gasteiger partial charge in [0, 0.05) is 18.1 Å². The molecule has 20 heavy (non-hydrogen) atoms. The first-order valence-corrected chi connectivity index (χ1v) is 6.19. The standard InChI is InChI=1S/C12H20N2O6/c1-6(5-20-2)11(18)14-12(19)13-8-3-7(4-15)9(16)10(8)17/h5,7-10,15-17H,3-4H2,1-2H3,(H2,13,14,18,19)/b6-5+/t7-,8-,9-,10+/m0/s1. The Balaban J connectivity index is 2.51. The highest BCUT2D eigenvalue weighted by atomic mass is 16.5. The first-order valence-electron chi connectivity index (χ1n) is 6.19. The van der Waals surface area contributed by atoms with Crippen molar-refractivity contribution >= 4 is 11.9 Å². The van der Waals surface area contributed by atoms with E-state index >= 15 is 0 Å². The molecular weight excluding hydrogens is 268 g/mol. The molecule has 0 aromatic heterocycles. The third-order valence-electron chi connectivity index (χ3n) is 3.23. The number of aliphatic hydroxyl groups excluding tert-OH is 3. The van der Waals surface area contributed by atoms with Gasteiger partial charge in [-0.2, -0.15) is 0 Å². The number of nitrogens with one attached hydrogen (secondary N) is 2. The molecule has 3 amide bonds. The number of carbonyl (C=O) groups is 2. The lowest BCUT2D eigenvalue weighted by Gasteiger charge is -2.18. The van der Waals surface area contributed by atoms with Gasteiger partial charge in [-0.15, -0.1) is 0 Å². The van der Waals surface area contributed by atoms with Gasteiger partial charge in [-0.05, 0) is 13.3 Å². The predicted molar refractivity (Wildman–Crippen MR) is 68.4 cm³/mol. The zero-order valence-corrected chi connectivity index (χ0v) is 11.4. The number of ether oxygens (including phenoxy) is 1. The highest BCUT2D eigenvalue weighted by Gasteiger charge is 2.41. The van der Waals surface area contributed by atoms with E-state index in [2.05, 4.69) is 15.4 Å². The molecule has 0 heterocycles. The van der Waals surface area contributed by atoms with Crippen LogP contribution in [0.2, 0.25) is 0 Å². The van der Waals surface area contributed by atoms with E-state index < -0.39 is 36.1 Å². The minimum atomic E-state index is -1.18. The lowest BCUT2D eigenvalue weighted by atomic mass is 10.1. The van der Waals surface area contributed by atoms with Crippen LogP contribution in [0.5, 0.6) is 0 Å². The average Bonchev–Trinajstić information content (AvgIpc) is 2.66. The fourth-order valence-corrected chi connectivity index (χ4v) is 2.09. The van der Waals surface area contributed by atoms with Gasteiger partial charge in [0.2, 0.25) is 0 Å². The van der Waals surface area contributed by atoms with Crippen molar-refractivity contribution in [3.8, 4) is 0 Å². The lowest BCUT2D eigenvalue weighted by Crippen LogP contribution is -2.48. The van der Waals surface area contributed by atoms with E-state index in [0.717, 1.165) is 0 Å². The lowest BCUT2D eigenvalue weighted by molar-refractivity contribution is -0.116. The fraction of sp³-hybridized carbons (Fsp3) is 0.667. The van der Waals surface area contributed by atoms with Gasteiger partial charge in [0.05, 0.1) is 25.5 Å². The van der Waals surface area contributed by atoms with Crippen LogP contribution in [0, 0.1) is 5.92 Å². The summed E-state index contributed by atoms with van der Waals surface area (Å²) in [5.74, 6) is -1.13. The highest BCUT2D eigenvalue weighted by Crippen LogP contribution is 2.26. The van der Waals surface area contributed by atoms with Crippen molar-refractivity contribution in [3.63, 3.8) is 0 Å². The summed E-state index contributed by atoms with van der Waals surface area (Å²) in [7, 11) is 1.38. The van der Waals surface area contributed by atoms with Crippen LogP contribution in [0.4, 0.5) is 4.79 Å². The van der Waals surface area contributed by atoms with E-state index in [0.29, 0.717) is 0 Å². The van der Waals surface area contributed by atoms with Crippen molar-refractivity contribution in [1.82, 2.24) is 10.6 Å². The Morgan fingerprint density at radius 2 is 2.00 bits per heavy atom. The summed E-state index contributed by atoms with van der Waals surface area (Å²) in [5, 5.41) is 32.8. The van der Waals surface area contributed by atoms with Crippen LogP contribution in [-0.4, -0.2) is 59.2 Å². The molecule has 1 saturated carbocycles. The van der Waals surface area contributed by atoms with Crippen LogP contribution < -0.4 is 10.6 Å². The smallest absolute Gasteiger partial charge is 0.322 e. The molecule has 0 unspecified atom stereocenters. The molecule has 8 nitrogen and oxygen atoms in total. The number of amides is 3. The third kappa shape index (κ3) is 3.92. The van der Waals surface area contributed by atoms with Crippen molar-refractivity contribution in [2.45, 2.75) is 31.6 Å². The average molecular weight is 288 g/mol. The Hall–Kier alpha value is -1.64. The van der Waals surface area contributed by atoms with Crippen molar-refractivity contribution < 1.29 is 29.6 Å². The van der Waals surface area contributed by atoms with Crippen LogP contribution in [-0.2, 0) is 9.53 Å². The second-order valence-electron chi connectivity index (χ2n) is 4.73. The molecule has 1 fully saturated rings. The van der Waals surface area contributed by atoms with Gasteiger partial charge in [0.1, 0.15) is 6.10 Å². The van der Waals surface area contributed by atoms with Crippen LogP contribution >= 0.6 is 0 Å². The van der Waals surface area contributed by atoms with Crippen molar-refractivity contribution in [1.29, 1.82) is 0 Å². The number of urea groups is 1. The molecular formula is C12H20N2O6. The van der Waals surface area contributed by atoms with Gasteiger partial charge in [0.25, 0.3) is 5.91 Å². The number of hydrogen-bond donors (Lipinski definition) is 5. The van der Waals surface area contributed by atoms with Gasteiger partial charge in [0.15, 0.2) is 0 Å². The third-order valence-corrected chi connectivity index (χ3v) is 3.23. The number of imide groups is 1. The molecule has 0 spiro atoms. The largest absolute Gasteiger partial charge is 0.504 e. The Bertz CT molecular complexity index is 397. The molecule has 0 aromatic rings.